The zero-order valence-corrected chi connectivity index (χ0v) is 10.2. The van der Waals surface area contributed by atoms with Crippen LogP contribution in [-0.4, -0.2) is 37.3 Å². The maximum atomic E-state index is 4.97. The van der Waals surface area contributed by atoms with Crippen LogP contribution in [0.2, 0.25) is 0 Å². The minimum Gasteiger partial charge on any atom is -0.385 e. The lowest BCUT2D eigenvalue weighted by molar-refractivity contribution is 0.200. The molecule has 0 bridgehead atoms. The van der Waals surface area contributed by atoms with Crippen LogP contribution in [-0.2, 0) is 4.74 Å². The highest BCUT2D eigenvalue weighted by Crippen LogP contribution is 2.03. The molecule has 0 aliphatic carbocycles. The summed E-state index contributed by atoms with van der Waals surface area (Å²) in [4.78, 5) is 0. The molecule has 0 aromatic heterocycles. The molecule has 0 unspecified atom stereocenters. The van der Waals surface area contributed by atoms with Crippen molar-refractivity contribution in [1.82, 2.24) is 5.32 Å². The van der Waals surface area contributed by atoms with Gasteiger partial charge >= 0.3 is 0 Å². The Bertz CT molecular complexity index is 112. The fourth-order valence-corrected chi connectivity index (χ4v) is 1.68. The fourth-order valence-electron chi connectivity index (χ4n) is 0.906. The van der Waals surface area contributed by atoms with Gasteiger partial charge in [0.2, 0.25) is 0 Å². The molecule has 0 spiro atoms. The highest BCUT2D eigenvalue weighted by atomic mass is 32.2. The zero-order chi connectivity index (χ0) is 10.2. The van der Waals surface area contributed by atoms with Crippen LogP contribution >= 0.6 is 11.8 Å². The van der Waals surface area contributed by atoms with Crippen LogP contribution in [0.3, 0.4) is 0 Å². The maximum Gasteiger partial charge on any atom is 0.0470 e. The fraction of sp³-hybridized carbons (Fsp3) is 1.00. The van der Waals surface area contributed by atoms with E-state index >= 15 is 0 Å². The molecule has 1 N–H and O–H groups in total. The molecule has 0 saturated carbocycles. The standard InChI is InChI=1S/C10H23NOS/c1-10(2,3)11-6-9-13-8-5-7-12-4/h11H,5-9H2,1-4H3. The van der Waals surface area contributed by atoms with Gasteiger partial charge in [0.15, 0.2) is 0 Å². The third kappa shape index (κ3) is 12.3. The molecule has 2 nitrogen and oxygen atoms in total. The van der Waals surface area contributed by atoms with E-state index in [1.54, 1.807) is 7.11 Å². The summed E-state index contributed by atoms with van der Waals surface area (Å²) in [5.74, 6) is 2.40. The lowest BCUT2D eigenvalue weighted by Gasteiger charge is -2.20. The Labute approximate surface area is 86.8 Å². The van der Waals surface area contributed by atoms with Gasteiger partial charge in [-0.15, -0.1) is 0 Å². The van der Waals surface area contributed by atoms with Crippen molar-refractivity contribution < 1.29 is 4.74 Å². The summed E-state index contributed by atoms with van der Waals surface area (Å²) >= 11 is 1.99. The van der Waals surface area contributed by atoms with Crippen molar-refractivity contribution in [3.63, 3.8) is 0 Å². The summed E-state index contributed by atoms with van der Waals surface area (Å²) < 4.78 is 4.97. The number of methoxy groups -OCH3 is 1. The highest BCUT2D eigenvalue weighted by molar-refractivity contribution is 7.99. The van der Waals surface area contributed by atoms with E-state index in [1.807, 2.05) is 11.8 Å². The normalized spacial score (nSPS) is 12.0. The molecule has 0 heterocycles. The molecule has 0 amide bonds. The summed E-state index contributed by atoms with van der Waals surface area (Å²) in [5.41, 5.74) is 0.257. The summed E-state index contributed by atoms with van der Waals surface area (Å²) in [7, 11) is 1.76. The van der Waals surface area contributed by atoms with Gasteiger partial charge in [-0.25, -0.2) is 0 Å². The van der Waals surface area contributed by atoms with E-state index in [9.17, 15) is 0 Å². The minimum atomic E-state index is 0.257. The third-order valence-electron chi connectivity index (χ3n) is 1.54. The Morgan fingerprint density at radius 1 is 1.23 bits per heavy atom. The van der Waals surface area contributed by atoms with Gasteiger partial charge in [-0.2, -0.15) is 11.8 Å². The molecule has 0 fully saturated rings. The van der Waals surface area contributed by atoms with Gasteiger partial charge < -0.3 is 10.1 Å². The smallest absolute Gasteiger partial charge is 0.0470 e. The van der Waals surface area contributed by atoms with Crippen molar-refractivity contribution in [1.29, 1.82) is 0 Å². The van der Waals surface area contributed by atoms with E-state index in [0.29, 0.717) is 0 Å². The first-order chi connectivity index (χ1) is 6.06. The lowest BCUT2D eigenvalue weighted by atomic mass is 10.1. The van der Waals surface area contributed by atoms with E-state index in [2.05, 4.69) is 26.1 Å². The SMILES string of the molecule is COCCCSCCNC(C)(C)C. The number of hydrogen-bond acceptors (Lipinski definition) is 3. The molecule has 0 atom stereocenters. The van der Waals surface area contributed by atoms with Crippen molar-refractivity contribution >= 4 is 11.8 Å². The van der Waals surface area contributed by atoms with Crippen LogP contribution in [0.5, 0.6) is 0 Å². The van der Waals surface area contributed by atoms with Crippen LogP contribution in [0.1, 0.15) is 27.2 Å². The number of hydrogen-bond donors (Lipinski definition) is 1. The molecule has 0 rings (SSSR count). The Hall–Kier alpha value is 0.270. The first kappa shape index (κ1) is 13.3. The number of nitrogens with one attached hydrogen (secondary N) is 1. The minimum absolute atomic E-state index is 0.257. The molecular formula is C10H23NOS. The second kappa shape index (κ2) is 7.65. The van der Waals surface area contributed by atoms with Crippen LogP contribution in [0, 0.1) is 0 Å². The second-order valence-electron chi connectivity index (χ2n) is 4.14. The average Bonchev–Trinajstić information content (AvgIpc) is 2.01. The maximum absolute atomic E-state index is 4.97. The summed E-state index contributed by atoms with van der Waals surface area (Å²) in [6.07, 6.45) is 1.16. The molecule has 0 aromatic rings. The van der Waals surface area contributed by atoms with Gasteiger partial charge in [0, 0.05) is 31.6 Å². The van der Waals surface area contributed by atoms with Crippen LogP contribution in [0.15, 0.2) is 0 Å². The molecule has 13 heavy (non-hydrogen) atoms. The first-order valence-electron chi connectivity index (χ1n) is 4.88. The van der Waals surface area contributed by atoms with E-state index in [4.69, 9.17) is 4.74 Å². The predicted molar refractivity (Wildman–Crippen MR) is 61.6 cm³/mol. The van der Waals surface area contributed by atoms with E-state index in [0.717, 1.165) is 19.6 Å². The number of ether oxygens (including phenoxy) is 1. The van der Waals surface area contributed by atoms with Gasteiger partial charge in [-0.3, -0.25) is 0 Å². The molecular weight excluding hydrogens is 182 g/mol. The Morgan fingerprint density at radius 3 is 2.46 bits per heavy atom. The molecule has 0 aliphatic heterocycles. The largest absolute Gasteiger partial charge is 0.385 e. The van der Waals surface area contributed by atoms with E-state index < -0.39 is 0 Å². The van der Waals surface area contributed by atoms with Gasteiger partial charge in [0.1, 0.15) is 0 Å². The molecule has 0 saturated heterocycles. The average molecular weight is 205 g/mol. The second-order valence-corrected chi connectivity index (χ2v) is 5.36. The Kier molecular flexibility index (Phi) is 7.81. The Balaban J connectivity index is 3.00. The van der Waals surface area contributed by atoms with Gasteiger partial charge in [0.25, 0.3) is 0 Å². The molecule has 0 aromatic carbocycles. The van der Waals surface area contributed by atoms with Crippen LogP contribution in [0.4, 0.5) is 0 Å². The summed E-state index contributed by atoms with van der Waals surface area (Å²) in [5, 5.41) is 3.46. The highest BCUT2D eigenvalue weighted by Gasteiger charge is 2.06. The van der Waals surface area contributed by atoms with E-state index in [-0.39, 0.29) is 5.54 Å². The van der Waals surface area contributed by atoms with Crippen molar-refractivity contribution in [2.24, 2.45) is 0 Å². The molecule has 3 heteroatoms. The summed E-state index contributed by atoms with van der Waals surface area (Å²) in [6.45, 7) is 8.58. The molecule has 80 valence electrons. The van der Waals surface area contributed by atoms with Gasteiger partial charge in [-0.05, 0) is 32.9 Å². The van der Waals surface area contributed by atoms with Crippen LogP contribution < -0.4 is 5.32 Å². The predicted octanol–water partition coefficient (Wildman–Crippen LogP) is 2.14. The molecule has 0 radical (unpaired) electrons. The van der Waals surface area contributed by atoms with Crippen molar-refractivity contribution in [3.05, 3.63) is 0 Å². The lowest BCUT2D eigenvalue weighted by Crippen LogP contribution is -2.37. The van der Waals surface area contributed by atoms with Gasteiger partial charge in [0.05, 0.1) is 0 Å². The van der Waals surface area contributed by atoms with E-state index in [1.165, 1.54) is 11.5 Å². The quantitative estimate of drug-likeness (QED) is 0.644. The van der Waals surface area contributed by atoms with Crippen LogP contribution in [0.25, 0.3) is 0 Å². The van der Waals surface area contributed by atoms with Crippen molar-refractivity contribution in [3.8, 4) is 0 Å². The van der Waals surface area contributed by atoms with Crippen molar-refractivity contribution in [2.45, 2.75) is 32.7 Å². The number of rotatable bonds is 7. The topological polar surface area (TPSA) is 21.3 Å². The number of thioether (sulfide) groups is 1. The van der Waals surface area contributed by atoms with Crippen molar-refractivity contribution in [2.75, 3.05) is 31.8 Å². The third-order valence-corrected chi connectivity index (χ3v) is 2.61. The van der Waals surface area contributed by atoms with Gasteiger partial charge in [-0.1, -0.05) is 0 Å². The zero-order valence-electron chi connectivity index (χ0n) is 9.35. The molecule has 0 aliphatic rings. The first-order valence-corrected chi connectivity index (χ1v) is 6.03. The Morgan fingerprint density at radius 2 is 1.92 bits per heavy atom. The monoisotopic (exact) mass is 205 g/mol. The summed E-state index contributed by atoms with van der Waals surface area (Å²) in [6, 6.07) is 0.